The highest BCUT2D eigenvalue weighted by atomic mass is 19.1. The summed E-state index contributed by atoms with van der Waals surface area (Å²) in [5.74, 6) is -0.587. The predicted octanol–water partition coefficient (Wildman–Crippen LogP) is 3.08. The smallest absolute Gasteiger partial charge is 0.342 e. The number of furan rings is 1. The van der Waals surface area contributed by atoms with Crippen LogP contribution in [0.1, 0.15) is 32.2 Å². The second-order valence-electron chi connectivity index (χ2n) is 4.67. The zero-order chi connectivity index (χ0) is 16.3. The SMILES string of the molecule is COc1ccc(F)cc1C(=O)COC(=O)c1cc(C)oc1C. The van der Waals surface area contributed by atoms with Crippen LogP contribution in [0.25, 0.3) is 0 Å². The predicted molar refractivity (Wildman–Crippen MR) is 75.7 cm³/mol. The van der Waals surface area contributed by atoms with Gasteiger partial charge in [0.15, 0.2) is 6.61 Å². The summed E-state index contributed by atoms with van der Waals surface area (Å²) in [5.41, 5.74) is 0.284. The minimum atomic E-state index is -0.668. The molecular formula is C16H15FO5. The van der Waals surface area contributed by atoms with E-state index in [0.29, 0.717) is 11.5 Å². The molecule has 5 nitrogen and oxygen atoms in total. The highest BCUT2D eigenvalue weighted by Crippen LogP contribution is 2.20. The second-order valence-corrected chi connectivity index (χ2v) is 4.67. The van der Waals surface area contributed by atoms with Crippen molar-refractivity contribution in [1.29, 1.82) is 0 Å². The van der Waals surface area contributed by atoms with Crippen molar-refractivity contribution in [3.05, 3.63) is 52.7 Å². The van der Waals surface area contributed by atoms with Crippen LogP contribution in [-0.4, -0.2) is 25.5 Å². The summed E-state index contributed by atoms with van der Waals surface area (Å²) in [6.45, 7) is 2.82. The molecule has 0 N–H and O–H groups in total. The normalized spacial score (nSPS) is 10.4. The van der Waals surface area contributed by atoms with E-state index in [9.17, 15) is 14.0 Å². The maximum Gasteiger partial charge on any atom is 0.342 e. The fourth-order valence-corrected chi connectivity index (χ4v) is 2.02. The highest BCUT2D eigenvalue weighted by molar-refractivity contribution is 6.01. The van der Waals surface area contributed by atoms with E-state index in [-0.39, 0.29) is 16.9 Å². The molecule has 1 aromatic carbocycles. The number of ether oxygens (including phenoxy) is 2. The Morgan fingerprint density at radius 2 is 1.91 bits per heavy atom. The van der Waals surface area contributed by atoms with Gasteiger partial charge in [-0.2, -0.15) is 0 Å². The van der Waals surface area contributed by atoms with Crippen LogP contribution in [0, 0.1) is 19.7 Å². The average Bonchev–Trinajstić information content (AvgIpc) is 2.83. The van der Waals surface area contributed by atoms with Gasteiger partial charge in [-0.05, 0) is 38.1 Å². The molecule has 22 heavy (non-hydrogen) atoms. The molecule has 0 aliphatic rings. The summed E-state index contributed by atoms with van der Waals surface area (Å²) in [6, 6.07) is 5.10. The zero-order valence-corrected chi connectivity index (χ0v) is 12.4. The molecule has 0 amide bonds. The lowest BCUT2D eigenvalue weighted by Gasteiger charge is -2.08. The van der Waals surface area contributed by atoms with Crippen molar-refractivity contribution in [3.8, 4) is 5.75 Å². The van der Waals surface area contributed by atoms with Crippen molar-refractivity contribution in [2.24, 2.45) is 0 Å². The molecule has 6 heteroatoms. The van der Waals surface area contributed by atoms with E-state index < -0.39 is 24.2 Å². The van der Waals surface area contributed by atoms with E-state index in [0.717, 1.165) is 6.07 Å². The Hall–Kier alpha value is -2.63. The van der Waals surface area contributed by atoms with Gasteiger partial charge in [-0.15, -0.1) is 0 Å². The van der Waals surface area contributed by atoms with E-state index in [1.54, 1.807) is 13.8 Å². The molecule has 0 fully saturated rings. The largest absolute Gasteiger partial charge is 0.496 e. The van der Waals surface area contributed by atoms with Crippen molar-refractivity contribution in [2.45, 2.75) is 13.8 Å². The number of esters is 1. The topological polar surface area (TPSA) is 65.7 Å². The summed E-state index contributed by atoms with van der Waals surface area (Å²) in [4.78, 5) is 24.0. The molecule has 2 rings (SSSR count). The molecule has 1 aromatic heterocycles. The Kier molecular flexibility index (Phi) is 4.60. The highest BCUT2D eigenvalue weighted by Gasteiger charge is 2.19. The maximum atomic E-state index is 13.2. The van der Waals surface area contributed by atoms with Gasteiger partial charge in [0, 0.05) is 0 Å². The quantitative estimate of drug-likeness (QED) is 0.627. The first-order valence-electron chi connectivity index (χ1n) is 6.53. The molecule has 0 bridgehead atoms. The van der Waals surface area contributed by atoms with Crippen molar-refractivity contribution >= 4 is 11.8 Å². The van der Waals surface area contributed by atoms with Crippen LogP contribution in [0.5, 0.6) is 5.75 Å². The average molecular weight is 306 g/mol. The van der Waals surface area contributed by atoms with Gasteiger partial charge in [-0.1, -0.05) is 0 Å². The monoisotopic (exact) mass is 306 g/mol. The number of benzene rings is 1. The van der Waals surface area contributed by atoms with E-state index in [1.807, 2.05) is 0 Å². The number of ketones is 1. The fraction of sp³-hybridized carbons (Fsp3) is 0.250. The van der Waals surface area contributed by atoms with Crippen LogP contribution in [-0.2, 0) is 4.74 Å². The number of carbonyl (C=O) groups excluding carboxylic acids is 2. The molecule has 0 atom stereocenters. The molecular weight excluding hydrogens is 291 g/mol. The minimum absolute atomic E-state index is 0.0235. The Morgan fingerprint density at radius 3 is 2.50 bits per heavy atom. The summed E-state index contributed by atoms with van der Waals surface area (Å²) in [6.07, 6.45) is 0. The van der Waals surface area contributed by atoms with Crippen LogP contribution in [0.2, 0.25) is 0 Å². The number of rotatable bonds is 5. The van der Waals surface area contributed by atoms with Gasteiger partial charge in [0.1, 0.15) is 28.7 Å². The van der Waals surface area contributed by atoms with Crippen LogP contribution in [0.3, 0.4) is 0 Å². The van der Waals surface area contributed by atoms with Gasteiger partial charge in [-0.3, -0.25) is 4.79 Å². The third kappa shape index (κ3) is 3.33. The lowest BCUT2D eigenvalue weighted by Crippen LogP contribution is -2.15. The molecule has 0 unspecified atom stereocenters. The molecule has 0 saturated heterocycles. The number of hydrogen-bond acceptors (Lipinski definition) is 5. The Bertz CT molecular complexity index is 717. The van der Waals surface area contributed by atoms with E-state index >= 15 is 0 Å². The summed E-state index contributed by atoms with van der Waals surface area (Å²) in [7, 11) is 1.37. The van der Waals surface area contributed by atoms with Gasteiger partial charge in [0.2, 0.25) is 5.78 Å². The molecule has 0 spiro atoms. The first kappa shape index (κ1) is 15.8. The lowest BCUT2D eigenvalue weighted by atomic mass is 10.1. The Morgan fingerprint density at radius 1 is 1.18 bits per heavy atom. The van der Waals surface area contributed by atoms with Crippen molar-refractivity contribution in [1.82, 2.24) is 0 Å². The number of carbonyl (C=O) groups is 2. The lowest BCUT2D eigenvalue weighted by molar-refractivity contribution is 0.0472. The van der Waals surface area contributed by atoms with E-state index in [1.165, 1.54) is 25.3 Å². The molecule has 1 heterocycles. The van der Waals surface area contributed by atoms with Crippen molar-refractivity contribution in [2.75, 3.05) is 13.7 Å². The van der Waals surface area contributed by atoms with Crippen LogP contribution >= 0.6 is 0 Å². The van der Waals surface area contributed by atoms with Gasteiger partial charge in [0.25, 0.3) is 0 Å². The first-order valence-corrected chi connectivity index (χ1v) is 6.53. The molecule has 0 aliphatic carbocycles. The van der Waals surface area contributed by atoms with Crippen LogP contribution in [0.15, 0.2) is 28.7 Å². The molecule has 0 saturated carbocycles. The van der Waals surface area contributed by atoms with Gasteiger partial charge in [0.05, 0.1) is 12.7 Å². The second kappa shape index (κ2) is 6.43. The number of methoxy groups -OCH3 is 1. The van der Waals surface area contributed by atoms with Crippen LogP contribution < -0.4 is 4.74 Å². The molecule has 0 radical (unpaired) electrons. The van der Waals surface area contributed by atoms with Crippen molar-refractivity contribution < 1.29 is 27.9 Å². The third-order valence-corrected chi connectivity index (χ3v) is 3.06. The molecule has 0 aliphatic heterocycles. The molecule has 2 aromatic rings. The third-order valence-electron chi connectivity index (χ3n) is 3.06. The zero-order valence-electron chi connectivity index (χ0n) is 12.4. The standard InChI is InChI=1S/C16H15FO5/c1-9-6-12(10(2)22-9)16(19)21-8-14(18)13-7-11(17)4-5-15(13)20-3/h4-7H,8H2,1-3H3. The number of Topliss-reactive ketones (excluding diaryl/α,β-unsaturated/α-hetero) is 1. The number of halogens is 1. The van der Waals surface area contributed by atoms with Crippen LogP contribution in [0.4, 0.5) is 4.39 Å². The van der Waals surface area contributed by atoms with E-state index in [2.05, 4.69) is 0 Å². The maximum absolute atomic E-state index is 13.2. The number of hydrogen-bond donors (Lipinski definition) is 0. The molecule has 116 valence electrons. The van der Waals surface area contributed by atoms with Gasteiger partial charge in [-0.25, -0.2) is 9.18 Å². The van der Waals surface area contributed by atoms with Crippen molar-refractivity contribution in [3.63, 3.8) is 0 Å². The Labute approximate surface area is 126 Å². The first-order chi connectivity index (χ1) is 10.4. The summed E-state index contributed by atoms with van der Waals surface area (Å²) in [5, 5.41) is 0. The van der Waals surface area contributed by atoms with E-state index in [4.69, 9.17) is 13.9 Å². The Balaban J connectivity index is 2.08. The minimum Gasteiger partial charge on any atom is -0.496 e. The fourth-order valence-electron chi connectivity index (χ4n) is 2.02. The summed E-state index contributed by atoms with van der Waals surface area (Å²) < 4.78 is 28.4. The van der Waals surface area contributed by atoms with Gasteiger partial charge >= 0.3 is 5.97 Å². The van der Waals surface area contributed by atoms with Gasteiger partial charge < -0.3 is 13.9 Å². The summed E-state index contributed by atoms with van der Waals surface area (Å²) >= 11 is 0. The number of aryl methyl sites for hydroxylation is 2.